The summed E-state index contributed by atoms with van der Waals surface area (Å²) < 4.78 is 13.7. The molecule has 0 radical (unpaired) electrons. The van der Waals surface area contributed by atoms with Gasteiger partial charge in [-0.2, -0.15) is 0 Å². The summed E-state index contributed by atoms with van der Waals surface area (Å²) in [6.07, 6.45) is 0.770. The van der Waals surface area contributed by atoms with E-state index in [0.717, 1.165) is 28.9 Å². The maximum absolute atomic E-state index is 13.7. The molecule has 0 unspecified atom stereocenters. The van der Waals surface area contributed by atoms with E-state index < -0.39 is 5.82 Å². The zero-order valence-corrected chi connectivity index (χ0v) is 16.9. The van der Waals surface area contributed by atoms with E-state index in [-0.39, 0.29) is 18.0 Å². The summed E-state index contributed by atoms with van der Waals surface area (Å²) in [7, 11) is 0. The fourth-order valence-electron chi connectivity index (χ4n) is 4.21. The van der Waals surface area contributed by atoms with Crippen LogP contribution in [-0.2, 0) is 0 Å². The van der Waals surface area contributed by atoms with Gasteiger partial charge in [0, 0.05) is 17.3 Å². The monoisotopic (exact) mass is 388 g/mol. The molecule has 0 spiro atoms. The number of aryl methyl sites for hydroxylation is 2. The highest BCUT2D eigenvalue weighted by atomic mass is 19.1. The Kier molecular flexibility index (Phi) is 5.10. The quantitative estimate of drug-likeness (QED) is 0.594. The van der Waals surface area contributed by atoms with Crippen molar-refractivity contribution in [1.29, 1.82) is 0 Å². The summed E-state index contributed by atoms with van der Waals surface area (Å²) in [5.41, 5.74) is 5.71. The molecular weight excluding hydrogens is 363 g/mol. The number of carbonyl (C=O) groups excluding carboxylic acids is 1. The van der Waals surface area contributed by atoms with E-state index >= 15 is 0 Å². The molecule has 1 aliphatic heterocycles. The predicted molar refractivity (Wildman–Crippen MR) is 116 cm³/mol. The average molecular weight is 388 g/mol. The highest BCUT2D eigenvalue weighted by Gasteiger charge is 2.35. The number of para-hydroxylation sites is 2. The number of benzene rings is 3. The molecule has 1 heterocycles. The van der Waals surface area contributed by atoms with Crippen LogP contribution in [-0.4, -0.2) is 11.9 Å². The van der Waals surface area contributed by atoms with E-state index in [0.29, 0.717) is 5.56 Å². The lowest BCUT2D eigenvalue weighted by atomic mass is 9.88. The molecule has 3 nitrogen and oxygen atoms in total. The van der Waals surface area contributed by atoms with Crippen LogP contribution in [0.5, 0.6) is 0 Å². The number of hydrogen-bond donors (Lipinski definition) is 1. The van der Waals surface area contributed by atoms with Gasteiger partial charge in [-0.05, 0) is 68.1 Å². The van der Waals surface area contributed by atoms with Gasteiger partial charge in [0.15, 0.2) is 0 Å². The fraction of sp³-hybridized carbons (Fsp3) is 0.240. The van der Waals surface area contributed by atoms with E-state index in [2.05, 4.69) is 37.4 Å². The third-order valence-corrected chi connectivity index (χ3v) is 5.67. The van der Waals surface area contributed by atoms with Gasteiger partial charge in [-0.15, -0.1) is 0 Å². The van der Waals surface area contributed by atoms with Crippen molar-refractivity contribution >= 4 is 17.3 Å². The average Bonchev–Trinajstić information content (AvgIpc) is 2.70. The molecule has 1 N–H and O–H groups in total. The first-order chi connectivity index (χ1) is 14.0. The van der Waals surface area contributed by atoms with Crippen LogP contribution >= 0.6 is 0 Å². The van der Waals surface area contributed by atoms with Crippen LogP contribution in [0.3, 0.4) is 0 Å². The number of fused-ring (bicyclic) bond motifs is 1. The lowest BCUT2D eigenvalue weighted by Crippen LogP contribution is -2.45. The second-order valence-electron chi connectivity index (χ2n) is 7.79. The van der Waals surface area contributed by atoms with Crippen LogP contribution in [0.2, 0.25) is 0 Å². The Bertz CT molecular complexity index is 1060. The summed E-state index contributed by atoms with van der Waals surface area (Å²) >= 11 is 0. The Labute approximate surface area is 171 Å². The molecular formula is C25H25FN2O. The first kappa shape index (κ1) is 19.2. The van der Waals surface area contributed by atoms with Gasteiger partial charge in [0.25, 0.3) is 5.91 Å². The molecule has 1 amide bonds. The van der Waals surface area contributed by atoms with Crippen LogP contribution in [0.25, 0.3) is 0 Å². The standard InChI is InChI=1S/C25H25FN2O/c1-16-8-4-5-13-22(16)27-23-14-18(3)28(24-17(2)9-6-12-21(23)24)25(29)19-10-7-11-20(26)15-19/h4-13,15,18,23,27H,14H2,1-3H3/t18-,23+/m1/s1. The van der Waals surface area contributed by atoms with Gasteiger partial charge < -0.3 is 10.2 Å². The third kappa shape index (κ3) is 3.63. The van der Waals surface area contributed by atoms with Crippen molar-refractivity contribution in [2.75, 3.05) is 10.2 Å². The fourth-order valence-corrected chi connectivity index (χ4v) is 4.21. The lowest BCUT2D eigenvalue weighted by Gasteiger charge is -2.41. The molecule has 0 fully saturated rings. The van der Waals surface area contributed by atoms with Crippen LogP contribution in [0, 0.1) is 19.7 Å². The zero-order valence-electron chi connectivity index (χ0n) is 16.9. The lowest BCUT2D eigenvalue weighted by molar-refractivity contribution is 0.0973. The number of amides is 1. The second-order valence-corrected chi connectivity index (χ2v) is 7.79. The number of rotatable bonds is 3. The minimum atomic E-state index is -0.399. The molecule has 0 saturated heterocycles. The van der Waals surface area contributed by atoms with Crippen molar-refractivity contribution in [3.8, 4) is 0 Å². The molecule has 1 aliphatic rings. The highest BCUT2D eigenvalue weighted by molar-refractivity contribution is 6.07. The molecule has 4 rings (SSSR count). The van der Waals surface area contributed by atoms with E-state index in [1.807, 2.05) is 36.1 Å². The largest absolute Gasteiger partial charge is 0.378 e. The number of anilines is 2. The maximum atomic E-state index is 13.7. The van der Waals surface area contributed by atoms with E-state index in [4.69, 9.17) is 0 Å². The van der Waals surface area contributed by atoms with Crippen LogP contribution in [0.15, 0.2) is 66.7 Å². The normalized spacial score (nSPS) is 18.3. The van der Waals surface area contributed by atoms with Crippen LogP contribution in [0.1, 0.15) is 46.4 Å². The van der Waals surface area contributed by atoms with Crippen molar-refractivity contribution < 1.29 is 9.18 Å². The number of carbonyl (C=O) groups is 1. The van der Waals surface area contributed by atoms with Crippen molar-refractivity contribution in [3.63, 3.8) is 0 Å². The molecule has 2 atom stereocenters. The summed E-state index contributed by atoms with van der Waals surface area (Å²) in [6, 6.07) is 20.4. The number of nitrogens with one attached hydrogen (secondary N) is 1. The van der Waals surface area contributed by atoms with Gasteiger partial charge in [-0.1, -0.05) is 42.5 Å². The Morgan fingerprint density at radius 2 is 1.72 bits per heavy atom. The van der Waals surface area contributed by atoms with Crippen molar-refractivity contribution in [2.24, 2.45) is 0 Å². The van der Waals surface area contributed by atoms with Gasteiger partial charge >= 0.3 is 0 Å². The summed E-state index contributed by atoms with van der Waals surface area (Å²) in [5.74, 6) is -0.563. The SMILES string of the molecule is Cc1ccccc1N[C@H]1C[C@@H](C)N(C(=O)c2cccc(F)c2)c2c(C)cccc21. The van der Waals surface area contributed by atoms with Gasteiger partial charge in [-0.3, -0.25) is 4.79 Å². The maximum Gasteiger partial charge on any atom is 0.258 e. The van der Waals surface area contributed by atoms with Gasteiger partial charge in [-0.25, -0.2) is 4.39 Å². The van der Waals surface area contributed by atoms with Crippen molar-refractivity contribution in [2.45, 2.75) is 39.3 Å². The molecule has 0 aliphatic carbocycles. The molecule has 148 valence electrons. The van der Waals surface area contributed by atoms with Gasteiger partial charge in [0.05, 0.1) is 11.7 Å². The molecule has 0 aromatic heterocycles. The molecule has 4 heteroatoms. The Morgan fingerprint density at radius 1 is 1.00 bits per heavy atom. The van der Waals surface area contributed by atoms with E-state index in [1.165, 1.54) is 17.7 Å². The molecule has 0 saturated carbocycles. The minimum absolute atomic E-state index is 0.0270. The van der Waals surface area contributed by atoms with E-state index in [9.17, 15) is 9.18 Å². The number of halogens is 1. The van der Waals surface area contributed by atoms with E-state index in [1.54, 1.807) is 12.1 Å². The summed E-state index contributed by atoms with van der Waals surface area (Å²) in [4.78, 5) is 15.2. The van der Waals surface area contributed by atoms with Gasteiger partial charge in [0.2, 0.25) is 0 Å². The molecule has 3 aromatic carbocycles. The summed E-state index contributed by atoms with van der Waals surface area (Å²) in [6.45, 7) is 6.16. The minimum Gasteiger partial charge on any atom is -0.378 e. The molecule has 3 aromatic rings. The highest BCUT2D eigenvalue weighted by Crippen LogP contribution is 2.41. The summed E-state index contributed by atoms with van der Waals surface area (Å²) in [5, 5.41) is 3.67. The molecule has 29 heavy (non-hydrogen) atoms. The third-order valence-electron chi connectivity index (χ3n) is 5.67. The van der Waals surface area contributed by atoms with Crippen LogP contribution in [0.4, 0.5) is 15.8 Å². The Morgan fingerprint density at radius 3 is 2.48 bits per heavy atom. The first-order valence-electron chi connectivity index (χ1n) is 9.96. The number of nitrogens with zero attached hydrogens (tertiary/aromatic N) is 1. The van der Waals surface area contributed by atoms with Crippen molar-refractivity contribution in [3.05, 3.63) is 94.8 Å². The van der Waals surface area contributed by atoms with Crippen molar-refractivity contribution in [1.82, 2.24) is 0 Å². The smallest absolute Gasteiger partial charge is 0.258 e. The topological polar surface area (TPSA) is 32.3 Å². The zero-order chi connectivity index (χ0) is 20.5. The first-order valence-corrected chi connectivity index (χ1v) is 9.96. The van der Waals surface area contributed by atoms with Gasteiger partial charge in [0.1, 0.15) is 5.82 Å². The predicted octanol–water partition coefficient (Wildman–Crippen LogP) is 6.03. The number of hydrogen-bond acceptors (Lipinski definition) is 2. The Hall–Kier alpha value is -3.14. The second kappa shape index (κ2) is 7.70. The molecule has 0 bridgehead atoms. The van der Waals surface area contributed by atoms with Crippen LogP contribution < -0.4 is 10.2 Å². The Balaban J connectivity index is 1.75.